The summed E-state index contributed by atoms with van der Waals surface area (Å²) in [6.45, 7) is 4.95. The Morgan fingerprint density at radius 3 is 2.48 bits per heavy atom. The molecule has 2 fully saturated rings. The summed E-state index contributed by atoms with van der Waals surface area (Å²) in [6, 6.07) is 17.2. The third kappa shape index (κ3) is 4.45. The van der Waals surface area contributed by atoms with Gasteiger partial charge < -0.3 is 9.64 Å². The van der Waals surface area contributed by atoms with Gasteiger partial charge in [-0.2, -0.15) is 0 Å². The molecule has 8 heteroatoms. The van der Waals surface area contributed by atoms with Gasteiger partial charge in [-0.05, 0) is 53.1 Å². The molecule has 3 heterocycles. The molecule has 0 amide bonds. The van der Waals surface area contributed by atoms with Crippen LogP contribution in [0.5, 0.6) is 0 Å². The lowest BCUT2D eigenvalue weighted by molar-refractivity contribution is 0.0906. The second kappa shape index (κ2) is 9.11. The number of halogens is 1. The van der Waals surface area contributed by atoms with E-state index >= 15 is 0 Å². The summed E-state index contributed by atoms with van der Waals surface area (Å²) < 4.78 is 21.0. The van der Waals surface area contributed by atoms with E-state index in [4.69, 9.17) is 4.74 Å². The largest absolute Gasteiger partial charge is 0.376 e. The van der Waals surface area contributed by atoms with E-state index in [-0.39, 0.29) is 18.0 Å². The van der Waals surface area contributed by atoms with Gasteiger partial charge in [-0.1, -0.05) is 30.3 Å². The molecule has 0 bridgehead atoms. The molecule has 0 aliphatic carbocycles. The van der Waals surface area contributed by atoms with Crippen molar-refractivity contribution < 1.29 is 9.13 Å². The molecule has 31 heavy (non-hydrogen) atoms. The average molecular weight is 423 g/mol. The van der Waals surface area contributed by atoms with Crippen LogP contribution in [0.1, 0.15) is 30.3 Å². The Hall–Kier alpha value is -2.84. The Bertz CT molecular complexity index is 965. The maximum absolute atomic E-state index is 13.3. The molecule has 2 saturated heterocycles. The first-order valence-electron chi connectivity index (χ1n) is 10.9. The number of piperazine rings is 1. The van der Waals surface area contributed by atoms with Crippen molar-refractivity contribution in [3.8, 4) is 0 Å². The molecular formula is C23H27FN6O. The van der Waals surface area contributed by atoms with E-state index in [1.807, 2.05) is 22.9 Å². The van der Waals surface area contributed by atoms with Crippen molar-refractivity contribution in [2.45, 2.75) is 31.5 Å². The smallest absolute Gasteiger partial charge is 0.173 e. The molecule has 3 aromatic rings. The molecule has 0 saturated carbocycles. The first-order chi connectivity index (χ1) is 15.3. The van der Waals surface area contributed by atoms with Crippen LogP contribution in [0.3, 0.4) is 0 Å². The van der Waals surface area contributed by atoms with Gasteiger partial charge >= 0.3 is 0 Å². The van der Waals surface area contributed by atoms with Gasteiger partial charge in [-0.15, -0.1) is 5.10 Å². The number of ether oxygens (including phenoxy) is 1. The van der Waals surface area contributed by atoms with E-state index in [1.54, 1.807) is 0 Å². The van der Waals surface area contributed by atoms with Gasteiger partial charge in [0.1, 0.15) is 5.82 Å². The monoisotopic (exact) mass is 422 g/mol. The topological polar surface area (TPSA) is 59.3 Å². The van der Waals surface area contributed by atoms with Crippen molar-refractivity contribution in [3.05, 3.63) is 71.8 Å². The van der Waals surface area contributed by atoms with Crippen LogP contribution in [0, 0.1) is 5.82 Å². The minimum absolute atomic E-state index is 0.0204. The lowest BCUT2D eigenvalue weighted by Crippen LogP contribution is -2.48. The highest BCUT2D eigenvalue weighted by Crippen LogP contribution is 2.29. The summed E-state index contributed by atoms with van der Waals surface area (Å²) in [5.74, 6) is 0.654. The van der Waals surface area contributed by atoms with Crippen molar-refractivity contribution in [3.63, 3.8) is 0 Å². The van der Waals surface area contributed by atoms with E-state index in [0.717, 1.165) is 57.1 Å². The van der Waals surface area contributed by atoms with Crippen molar-refractivity contribution >= 4 is 5.69 Å². The molecule has 0 unspecified atom stereocenters. The molecule has 2 atom stereocenters. The fraction of sp³-hybridized carbons (Fsp3) is 0.435. The minimum atomic E-state index is -0.204. The van der Waals surface area contributed by atoms with Gasteiger partial charge in [0.15, 0.2) is 5.82 Å². The number of tetrazole rings is 1. The SMILES string of the molecule is Fc1ccc(N2CCN([C@H](c3ccccc3)c3nnnn3C[C@H]3CCCO3)CC2)cc1. The summed E-state index contributed by atoms with van der Waals surface area (Å²) in [5.41, 5.74) is 2.24. The summed E-state index contributed by atoms with van der Waals surface area (Å²) in [4.78, 5) is 4.74. The van der Waals surface area contributed by atoms with E-state index in [2.05, 4.69) is 49.6 Å². The summed E-state index contributed by atoms with van der Waals surface area (Å²) in [7, 11) is 0. The maximum atomic E-state index is 13.3. The molecular weight excluding hydrogens is 395 g/mol. The highest BCUT2D eigenvalue weighted by Gasteiger charge is 2.31. The van der Waals surface area contributed by atoms with Crippen LogP contribution >= 0.6 is 0 Å². The third-order valence-electron chi connectivity index (χ3n) is 6.19. The fourth-order valence-corrected chi connectivity index (χ4v) is 4.57. The van der Waals surface area contributed by atoms with Gasteiger partial charge in [0.2, 0.25) is 0 Å². The van der Waals surface area contributed by atoms with Crippen LogP contribution < -0.4 is 4.90 Å². The Labute approximate surface area is 181 Å². The number of aromatic nitrogens is 4. The molecule has 7 nitrogen and oxygen atoms in total. The van der Waals surface area contributed by atoms with Gasteiger partial charge in [0, 0.05) is 38.5 Å². The third-order valence-corrected chi connectivity index (χ3v) is 6.19. The zero-order chi connectivity index (χ0) is 21.0. The van der Waals surface area contributed by atoms with Crippen molar-refractivity contribution in [1.29, 1.82) is 0 Å². The predicted molar refractivity (Wildman–Crippen MR) is 115 cm³/mol. The van der Waals surface area contributed by atoms with Crippen LogP contribution in [0.4, 0.5) is 10.1 Å². The Morgan fingerprint density at radius 1 is 1.00 bits per heavy atom. The van der Waals surface area contributed by atoms with Crippen molar-refractivity contribution in [2.75, 3.05) is 37.7 Å². The number of benzene rings is 2. The lowest BCUT2D eigenvalue weighted by atomic mass is 10.0. The number of hydrogen-bond donors (Lipinski definition) is 0. The second-order valence-corrected chi connectivity index (χ2v) is 8.17. The molecule has 0 N–H and O–H groups in total. The molecule has 2 aliphatic heterocycles. The Morgan fingerprint density at radius 2 is 1.77 bits per heavy atom. The normalized spacial score (nSPS) is 20.8. The molecule has 0 spiro atoms. The quantitative estimate of drug-likeness (QED) is 0.609. The number of anilines is 1. The Kier molecular flexibility index (Phi) is 5.90. The van der Waals surface area contributed by atoms with E-state index in [1.165, 1.54) is 17.7 Å². The maximum Gasteiger partial charge on any atom is 0.173 e. The number of rotatable bonds is 6. The zero-order valence-electron chi connectivity index (χ0n) is 17.5. The number of nitrogens with zero attached hydrogens (tertiary/aromatic N) is 6. The minimum Gasteiger partial charge on any atom is -0.376 e. The van der Waals surface area contributed by atoms with E-state index < -0.39 is 0 Å². The standard InChI is InChI=1S/C23H27FN6O/c24-19-8-10-20(11-9-19)28-12-14-29(15-13-28)22(18-5-2-1-3-6-18)23-25-26-27-30(23)17-21-7-4-16-31-21/h1-3,5-6,8-11,21-22H,4,7,12-17H2/t21-,22-/m1/s1. The van der Waals surface area contributed by atoms with Gasteiger partial charge in [0.05, 0.1) is 18.7 Å². The average Bonchev–Trinajstić information content (AvgIpc) is 3.49. The lowest BCUT2D eigenvalue weighted by Gasteiger charge is -2.40. The first kappa shape index (κ1) is 20.1. The highest BCUT2D eigenvalue weighted by atomic mass is 19.1. The predicted octanol–water partition coefficient (Wildman–Crippen LogP) is 2.90. The molecule has 162 valence electrons. The van der Waals surface area contributed by atoms with Crippen LogP contribution in [-0.2, 0) is 11.3 Å². The van der Waals surface area contributed by atoms with Crippen LogP contribution in [-0.4, -0.2) is 64.0 Å². The summed E-state index contributed by atoms with van der Waals surface area (Å²) in [5, 5.41) is 12.8. The molecule has 1 aromatic heterocycles. The van der Waals surface area contributed by atoms with Crippen molar-refractivity contribution in [2.24, 2.45) is 0 Å². The van der Waals surface area contributed by atoms with E-state index in [9.17, 15) is 4.39 Å². The van der Waals surface area contributed by atoms with Crippen molar-refractivity contribution in [1.82, 2.24) is 25.1 Å². The van der Waals surface area contributed by atoms with Crippen LogP contribution in [0.25, 0.3) is 0 Å². The molecule has 5 rings (SSSR count). The van der Waals surface area contributed by atoms with E-state index in [0.29, 0.717) is 6.54 Å². The summed E-state index contributed by atoms with van der Waals surface area (Å²) >= 11 is 0. The number of hydrogen-bond acceptors (Lipinski definition) is 6. The van der Waals surface area contributed by atoms with Crippen LogP contribution in [0.2, 0.25) is 0 Å². The second-order valence-electron chi connectivity index (χ2n) is 8.17. The van der Waals surface area contributed by atoms with Crippen LogP contribution in [0.15, 0.2) is 54.6 Å². The first-order valence-corrected chi connectivity index (χ1v) is 10.9. The summed E-state index contributed by atoms with van der Waals surface area (Å²) in [6.07, 6.45) is 2.32. The fourth-order valence-electron chi connectivity index (χ4n) is 4.57. The Balaban J connectivity index is 1.37. The van der Waals surface area contributed by atoms with Gasteiger partial charge in [0.25, 0.3) is 0 Å². The molecule has 0 radical (unpaired) electrons. The highest BCUT2D eigenvalue weighted by molar-refractivity contribution is 5.46. The van der Waals surface area contributed by atoms with Gasteiger partial charge in [-0.3, -0.25) is 4.90 Å². The zero-order valence-corrected chi connectivity index (χ0v) is 17.5. The molecule has 2 aliphatic rings. The molecule has 2 aromatic carbocycles. The van der Waals surface area contributed by atoms with Gasteiger partial charge in [-0.25, -0.2) is 9.07 Å².